The lowest BCUT2D eigenvalue weighted by atomic mass is 10.3. The van der Waals surface area contributed by atoms with Gasteiger partial charge in [-0.3, -0.25) is 0 Å². The van der Waals surface area contributed by atoms with E-state index in [1.807, 2.05) is 19.1 Å². The van der Waals surface area contributed by atoms with Crippen LogP contribution in [-0.4, -0.2) is 0 Å². The zero-order chi connectivity index (χ0) is 11.5. The molecule has 84 valence electrons. The van der Waals surface area contributed by atoms with Gasteiger partial charge >= 0.3 is 0 Å². The van der Waals surface area contributed by atoms with Crippen LogP contribution in [0.4, 0.5) is 4.39 Å². The Labute approximate surface area is 101 Å². The molecule has 4 heteroatoms. The Morgan fingerprint density at radius 2 is 2.12 bits per heavy atom. The van der Waals surface area contributed by atoms with Crippen LogP contribution < -0.4 is 4.74 Å². The van der Waals surface area contributed by atoms with Crippen LogP contribution >= 0.6 is 15.9 Å². The number of rotatable bonds is 3. The van der Waals surface area contributed by atoms with E-state index in [-0.39, 0.29) is 5.82 Å². The number of hydrogen-bond donors (Lipinski definition) is 0. The van der Waals surface area contributed by atoms with Gasteiger partial charge in [-0.1, -0.05) is 0 Å². The van der Waals surface area contributed by atoms with Crippen molar-refractivity contribution in [3.63, 3.8) is 0 Å². The summed E-state index contributed by atoms with van der Waals surface area (Å²) in [6.45, 7) is 2.20. The van der Waals surface area contributed by atoms with Gasteiger partial charge in [0.1, 0.15) is 29.7 Å². The molecular weight excluding hydrogens is 275 g/mol. The third-order valence-electron chi connectivity index (χ3n) is 2.06. The predicted octanol–water partition coefficient (Wildman–Crippen LogP) is 4.07. The number of benzene rings is 1. The van der Waals surface area contributed by atoms with E-state index < -0.39 is 0 Å². The SMILES string of the molecule is Cc1ccc(COc2ccc(F)cc2Br)o1. The van der Waals surface area contributed by atoms with Crippen molar-refractivity contribution >= 4 is 15.9 Å². The molecule has 0 unspecified atom stereocenters. The molecule has 0 N–H and O–H groups in total. The van der Waals surface area contributed by atoms with Crippen LogP contribution in [0.3, 0.4) is 0 Å². The fourth-order valence-corrected chi connectivity index (χ4v) is 1.77. The third kappa shape index (κ3) is 2.64. The van der Waals surface area contributed by atoms with Crippen LogP contribution in [0.2, 0.25) is 0 Å². The second-order valence-corrected chi connectivity index (χ2v) is 4.23. The topological polar surface area (TPSA) is 22.4 Å². The maximum Gasteiger partial charge on any atom is 0.146 e. The highest BCUT2D eigenvalue weighted by Gasteiger charge is 2.04. The molecule has 0 saturated carbocycles. The van der Waals surface area contributed by atoms with Gasteiger partial charge in [0.25, 0.3) is 0 Å². The number of hydrogen-bond acceptors (Lipinski definition) is 2. The molecule has 0 aliphatic rings. The van der Waals surface area contributed by atoms with E-state index in [0.717, 1.165) is 11.5 Å². The molecule has 0 amide bonds. The molecule has 0 aliphatic carbocycles. The lowest BCUT2D eigenvalue weighted by molar-refractivity contribution is 0.266. The monoisotopic (exact) mass is 284 g/mol. The van der Waals surface area contributed by atoms with Crippen molar-refractivity contribution in [3.05, 3.63) is 52.1 Å². The standard InChI is InChI=1S/C12H10BrFO2/c1-8-2-4-10(16-8)7-15-12-5-3-9(14)6-11(12)13/h2-6H,7H2,1H3. The summed E-state index contributed by atoms with van der Waals surface area (Å²) < 4.78 is 24.2. The lowest BCUT2D eigenvalue weighted by Crippen LogP contribution is -1.94. The highest BCUT2D eigenvalue weighted by molar-refractivity contribution is 9.10. The summed E-state index contributed by atoms with van der Waals surface area (Å²) in [5.41, 5.74) is 0. The lowest BCUT2D eigenvalue weighted by Gasteiger charge is -2.06. The zero-order valence-electron chi connectivity index (χ0n) is 8.67. The summed E-state index contributed by atoms with van der Waals surface area (Å²) in [6, 6.07) is 8.02. The van der Waals surface area contributed by atoms with Gasteiger partial charge in [-0.2, -0.15) is 0 Å². The molecular formula is C12H10BrFO2. The van der Waals surface area contributed by atoms with E-state index in [4.69, 9.17) is 9.15 Å². The molecule has 2 rings (SSSR count). The van der Waals surface area contributed by atoms with Gasteiger partial charge in [-0.25, -0.2) is 4.39 Å². The molecule has 2 nitrogen and oxygen atoms in total. The van der Waals surface area contributed by atoms with Gasteiger partial charge in [0.15, 0.2) is 0 Å². The Kier molecular flexibility index (Phi) is 3.29. The fourth-order valence-electron chi connectivity index (χ4n) is 1.30. The van der Waals surface area contributed by atoms with Gasteiger partial charge in [-0.15, -0.1) is 0 Å². The first-order chi connectivity index (χ1) is 7.65. The summed E-state index contributed by atoms with van der Waals surface area (Å²) >= 11 is 3.23. The van der Waals surface area contributed by atoms with Gasteiger partial charge in [0.05, 0.1) is 4.47 Å². The van der Waals surface area contributed by atoms with Crippen molar-refractivity contribution in [2.45, 2.75) is 13.5 Å². The molecule has 0 fully saturated rings. The molecule has 1 aromatic heterocycles. The van der Waals surface area contributed by atoms with Crippen molar-refractivity contribution in [3.8, 4) is 5.75 Å². The van der Waals surface area contributed by atoms with E-state index >= 15 is 0 Å². The molecule has 0 radical (unpaired) electrons. The summed E-state index contributed by atoms with van der Waals surface area (Å²) in [5, 5.41) is 0. The molecule has 0 spiro atoms. The van der Waals surface area contributed by atoms with Crippen LogP contribution in [0.15, 0.2) is 39.2 Å². The summed E-state index contributed by atoms with van der Waals surface area (Å²) in [7, 11) is 0. The largest absolute Gasteiger partial charge is 0.484 e. The second-order valence-electron chi connectivity index (χ2n) is 3.38. The van der Waals surface area contributed by atoms with Gasteiger partial charge in [-0.05, 0) is 53.2 Å². The highest BCUT2D eigenvalue weighted by atomic mass is 79.9. The van der Waals surface area contributed by atoms with Crippen LogP contribution in [0, 0.1) is 12.7 Å². The van der Waals surface area contributed by atoms with Crippen molar-refractivity contribution in [2.24, 2.45) is 0 Å². The van der Waals surface area contributed by atoms with Crippen molar-refractivity contribution in [2.75, 3.05) is 0 Å². The predicted molar refractivity (Wildman–Crippen MR) is 61.9 cm³/mol. The van der Waals surface area contributed by atoms with Gasteiger partial charge < -0.3 is 9.15 Å². The second kappa shape index (κ2) is 4.70. The third-order valence-corrected chi connectivity index (χ3v) is 2.68. The van der Waals surface area contributed by atoms with Crippen LogP contribution in [0.25, 0.3) is 0 Å². The normalized spacial score (nSPS) is 10.4. The molecule has 16 heavy (non-hydrogen) atoms. The minimum atomic E-state index is -0.298. The quantitative estimate of drug-likeness (QED) is 0.848. The Bertz CT molecular complexity index is 494. The van der Waals surface area contributed by atoms with Gasteiger partial charge in [0.2, 0.25) is 0 Å². The van der Waals surface area contributed by atoms with E-state index in [1.54, 1.807) is 6.07 Å². The van der Waals surface area contributed by atoms with Crippen LogP contribution in [0.1, 0.15) is 11.5 Å². The van der Waals surface area contributed by atoms with E-state index in [1.165, 1.54) is 12.1 Å². The molecule has 0 atom stereocenters. The van der Waals surface area contributed by atoms with E-state index in [2.05, 4.69) is 15.9 Å². The Morgan fingerprint density at radius 1 is 1.31 bits per heavy atom. The first-order valence-electron chi connectivity index (χ1n) is 4.78. The minimum absolute atomic E-state index is 0.298. The molecule has 0 aliphatic heterocycles. The highest BCUT2D eigenvalue weighted by Crippen LogP contribution is 2.26. The van der Waals surface area contributed by atoms with Gasteiger partial charge in [0, 0.05) is 0 Å². The first kappa shape index (κ1) is 11.2. The number of halogens is 2. The van der Waals surface area contributed by atoms with E-state index in [0.29, 0.717) is 16.8 Å². The number of aryl methyl sites for hydroxylation is 1. The van der Waals surface area contributed by atoms with Crippen LogP contribution in [-0.2, 0) is 6.61 Å². The Hall–Kier alpha value is -1.29. The van der Waals surface area contributed by atoms with Crippen molar-refractivity contribution < 1.29 is 13.5 Å². The molecule has 0 bridgehead atoms. The summed E-state index contributed by atoms with van der Waals surface area (Å²) in [4.78, 5) is 0. The maximum atomic E-state index is 12.8. The van der Waals surface area contributed by atoms with Crippen molar-refractivity contribution in [1.29, 1.82) is 0 Å². The van der Waals surface area contributed by atoms with Crippen molar-refractivity contribution in [1.82, 2.24) is 0 Å². The average Bonchev–Trinajstić information content (AvgIpc) is 2.63. The summed E-state index contributed by atoms with van der Waals surface area (Å²) in [5.74, 6) is 1.88. The van der Waals surface area contributed by atoms with Crippen LogP contribution in [0.5, 0.6) is 5.75 Å². The zero-order valence-corrected chi connectivity index (χ0v) is 10.3. The number of ether oxygens (including phenoxy) is 1. The molecule has 2 aromatic rings. The molecule has 0 saturated heterocycles. The molecule has 1 aromatic carbocycles. The molecule has 1 heterocycles. The Morgan fingerprint density at radius 3 is 2.75 bits per heavy atom. The van der Waals surface area contributed by atoms with E-state index in [9.17, 15) is 4.39 Å². The minimum Gasteiger partial charge on any atom is -0.484 e. The first-order valence-corrected chi connectivity index (χ1v) is 5.57. The average molecular weight is 285 g/mol. The Balaban J connectivity index is 2.04. The summed E-state index contributed by atoms with van der Waals surface area (Å²) in [6.07, 6.45) is 0. The number of furan rings is 1. The fraction of sp³-hybridized carbons (Fsp3) is 0.167. The smallest absolute Gasteiger partial charge is 0.146 e. The maximum absolute atomic E-state index is 12.8.